The molecule has 1 saturated heterocycles. The first kappa shape index (κ1) is 23.7. The van der Waals surface area contributed by atoms with E-state index in [9.17, 15) is 4.79 Å². The van der Waals surface area contributed by atoms with Crippen LogP contribution >= 0.6 is 15.9 Å². The molecular weight excluding hydrogens is 500 g/mol. The summed E-state index contributed by atoms with van der Waals surface area (Å²) in [6, 6.07) is 11.5. The van der Waals surface area contributed by atoms with Crippen molar-refractivity contribution in [2.45, 2.75) is 6.42 Å². The molecule has 0 radical (unpaired) electrons. The Hall–Kier alpha value is -3.44. The lowest BCUT2D eigenvalue weighted by molar-refractivity contribution is -0.105. The number of methoxy groups -OCH3 is 1. The Morgan fingerprint density at radius 1 is 1.03 bits per heavy atom. The van der Waals surface area contributed by atoms with Crippen LogP contribution in [0.25, 0.3) is 0 Å². The van der Waals surface area contributed by atoms with Gasteiger partial charge in [0.05, 0.1) is 24.2 Å². The smallest absolute Gasteiger partial charge is 0.232 e. The van der Waals surface area contributed by atoms with Gasteiger partial charge in [0, 0.05) is 35.9 Å². The van der Waals surface area contributed by atoms with Crippen molar-refractivity contribution in [2.24, 2.45) is 0 Å². The quantitative estimate of drug-likeness (QED) is 0.377. The molecule has 1 aromatic heterocycles. The minimum absolute atomic E-state index is 0.340. The predicted octanol–water partition coefficient (Wildman–Crippen LogP) is 3.84. The van der Waals surface area contributed by atoms with Crippen molar-refractivity contribution >= 4 is 57.0 Å². The van der Waals surface area contributed by atoms with Gasteiger partial charge in [-0.25, -0.2) is 9.97 Å². The summed E-state index contributed by atoms with van der Waals surface area (Å²) in [7, 11) is 3.73. The Labute approximate surface area is 206 Å². The van der Waals surface area contributed by atoms with Gasteiger partial charge in [-0.15, -0.1) is 0 Å². The molecule has 2 heterocycles. The van der Waals surface area contributed by atoms with Crippen LogP contribution < -0.4 is 25.6 Å². The summed E-state index contributed by atoms with van der Waals surface area (Å²) in [5, 5.41) is 9.18. The van der Waals surface area contributed by atoms with Crippen molar-refractivity contribution < 1.29 is 9.53 Å². The highest BCUT2D eigenvalue weighted by atomic mass is 79.9. The molecule has 2 aromatic carbocycles. The summed E-state index contributed by atoms with van der Waals surface area (Å²) < 4.78 is 6.61. The van der Waals surface area contributed by atoms with Gasteiger partial charge in [-0.1, -0.05) is 22.0 Å². The molecule has 1 aliphatic rings. The van der Waals surface area contributed by atoms with E-state index < -0.39 is 0 Å². The molecule has 11 heteroatoms. The largest absolute Gasteiger partial charge is 0.494 e. The van der Waals surface area contributed by atoms with Gasteiger partial charge in [0.25, 0.3) is 0 Å². The van der Waals surface area contributed by atoms with E-state index in [1.807, 2.05) is 36.4 Å². The van der Waals surface area contributed by atoms with Crippen molar-refractivity contribution in [1.29, 1.82) is 0 Å². The van der Waals surface area contributed by atoms with E-state index in [1.54, 1.807) is 7.11 Å². The van der Waals surface area contributed by atoms with Crippen LogP contribution in [0.3, 0.4) is 0 Å². The number of nitrogens with one attached hydrogen (secondary N) is 3. The van der Waals surface area contributed by atoms with Crippen LogP contribution in [0.2, 0.25) is 0 Å². The molecule has 0 saturated carbocycles. The van der Waals surface area contributed by atoms with Gasteiger partial charge < -0.3 is 30.5 Å². The van der Waals surface area contributed by atoms with Crippen LogP contribution in [0.15, 0.2) is 47.2 Å². The van der Waals surface area contributed by atoms with Crippen LogP contribution in [0.4, 0.5) is 34.6 Å². The third-order valence-corrected chi connectivity index (χ3v) is 5.98. The van der Waals surface area contributed by atoms with Crippen molar-refractivity contribution in [3.05, 3.63) is 47.2 Å². The molecule has 34 heavy (non-hydrogen) atoms. The van der Waals surface area contributed by atoms with E-state index in [2.05, 4.69) is 63.7 Å². The maximum atomic E-state index is 11.4. The summed E-state index contributed by atoms with van der Waals surface area (Å²) >= 11 is 3.46. The maximum absolute atomic E-state index is 11.4. The van der Waals surface area contributed by atoms with Gasteiger partial charge >= 0.3 is 0 Å². The fourth-order valence-electron chi connectivity index (χ4n) is 3.80. The molecule has 10 nitrogen and oxygen atoms in total. The molecule has 1 fully saturated rings. The van der Waals surface area contributed by atoms with Crippen LogP contribution in [0, 0.1) is 0 Å². The number of hydrogen-bond donors (Lipinski definition) is 3. The van der Waals surface area contributed by atoms with Crippen molar-refractivity contribution in [3.63, 3.8) is 0 Å². The molecule has 0 bridgehead atoms. The maximum Gasteiger partial charge on any atom is 0.232 e. The van der Waals surface area contributed by atoms with E-state index in [0.29, 0.717) is 35.4 Å². The van der Waals surface area contributed by atoms with Gasteiger partial charge in [0.2, 0.25) is 18.3 Å². The predicted molar refractivity (Wildman–Crippen MR) is 138 cm³/mol. The van der Waals surface area contributed by atoms with Crippen molar-refractivity contribution in [3.8, 4) is 5.75 Å². The standard InChI is InChI=1S/C23H27BrN8O2/c1-31-7-4-8-32(10-9-31)20-13-21(34-2)19(12-18(20)27-15-33)29-23-26-14-25-22(30-23)28-17-6-3-5-16(24)11-17/h3,5-6,11-15H,4,7-10H2,1-2H3,(H,27,33)(H2,25,26,28,29,30). The monoisotopic (exact) mass is 526 g/mol. The number of likely N-dealkylation sites (N-methyl/N-ethyl adjacent to an activating group) is 1. The van der Waals surface area contributed by atoms with Gasteiger partial charge in [-0.2, -0.15) is 4.98 Å². The molecule has 0 aliphatic carbocycles. The lowest BCUT2D eigenvalue weighted by Crippen LogP contribution is -2.29. The summed E-state index contributed by atoms with van der Waals surface area (Å²) in [5.74, 6) is 1.35. The number of ether oxygens (including phenoxy) is 1. The minimum atomic E-state index is 0.340. The molecule has 3 N–H and O–H groups in total. The molecule has 4 rings (SSSR count). The first-order valence-corrected chi connectivity index (χ1v) is 11.7. The Kier molecular flexibility index (Phi) is 7.76. The number of hydrogen-bond acceptors (Lipinski definition) is 9. The highest BCUT2D eigenvalue weighted by Crippen LogP contribution is 2.38. The second kappa shape index (κ2) is 11.1. The number of halogens is 1. The zero-order chi connectivity index (χ0) is 23.9. The zero-order valence-electron chi connectivity index (χ0n) is 19.1. The summed E-state index contributed by atoms with van der Waals surface area (Å²) in [4.78, 5) is 28.8. The Morgan fingerprint density at radius 3 is 2.62 bits per heavy atom. The lowest BCUT2D eigenvalue weighted by atomic mass is 10.2. The summed E-state index contributed by atoms with van der Waals surface area (Å²) in [6.07, 6.45) is 3.15. The molecule has 178 valence electrons. The Bertz CT molecular complexity index is 1150. The molecule has 0 spiro atoms. The number of nitrogens with zero attached hydrogens (tertiary/aromatic N) is 5. The van der Waals surface area contributed by atoms with E-state index >= 15 is 0 Å². The fourth-order valence-corrected chi connectivity index (χ4v) is 4.20. The van der Waals surface area contributed by atoms with Crippen LogP contribution in [-0.4, -0.2) is 66.6 Å². The van der Waals surface area contributed by atoms with Gasteiger partial charge in [-0.3, -0.25) is 4.79 Å². The van der Waals surface area contributed by atoms with E-state index in [0.717, 1.165) is 48.4 Å². The highest BCUT2D eigenvalue weighted by Gasteiger charge is 2.19. The number of aromatic nitrogens is 3. The van der Waals surface area contributed by atoms with Crippen LogP contribution in [-0.2, 0) is 4.79 Å². The number of rotatable bonds is 8. The first-order valence-electron chi connectivity index (χ1n) is 10.9. The zero-order valence-corrected chi connectivity index (χ0v) is 20.7. The third kappa shape index (κ3) is 5.91. The van der Waals surface area contributed by atoms with Crippen LogP contribution in [0.5, 0.6) is 5.75 Å². The second-order valence-electron chi connectivity index (χ2n) is 7.87. The molecule has 0 unspecified atom stereocenters. The molecule has 0 atom stereocenters. The normalized spacial score (nSPS) is 14.3. The summed E-state index contributed by atoms with van der Waals surface area (Å²) in [5.41, 5.74) is 3.07. The highest BCUT2D eigenvalue weighted by molar-refractivity contribution is 9.10. The Morgan fingerprint density at radius 2 is 1.85 bits per heavy atom. The van der Waals surface area contributed by atoms with Crippen LogP contribution in [0.1, 0.15) is 6.42 Å². The molecule has 3 aromatic rings. The third-order valence-electron chi connectivity index (χ3n) is 5.49. The number of carbonyl (C=O) groups is 1. The number of carbonyl (C=O) groups excluding carboxylic acids is 1. The molecular formula is C23H27BrN8O2. The number of anilines is 6. The SMILES string of the molecule is COc1cc(N2CCCN(C)CC2)c(NC=O)cc1Nc1ncnc(Nc2cccc(Br)c2)n1. The van der Waals surface area contributed by atoms with Gasteiger partial charge in [-0.05, 0) is 44.3 Å². The van der Waals surface area contributed by atoms with E-state index in [1.165, 1.54) is 6.33 Å². The average molecular weight is 527 g/mol. The fraction of sp³-hybridized carbons (Fsp3) is 0.304. The van der Waals surface area contributed by atoms with Crippen molar-refractivity contribution in [2.75, 3.05) is 61.2 Å². The van der Waals surface area contributed by atoms with Gasteiger partial charge in [0.1, 0.15) is 12.1 Å². The van der Waals surface area contributed by atoms with Gasteiger partial charge in [0.15, 0.2) is 0 Å². The molecule has 1 aliphatic heterocycles. The lowest BCUT2D eigenvalue weighted by Gasteiger charge is -2.26. The van der Waals surface area contributed by atoms with Crippen molar-refractivity contribution in [1.82, 2.24) is 19.9 Å². The van der Waals surface area contributed by atoms with E-state index in [4.69, 9.17) is 4.74 Å². The summed E-state index contributed by atoms with van der Waals surface area (Å²) in [6.45, 7) is 3.74. The second-order valence-corrected chi connectivity index (χ2v) is 8.78. The van der Waals surface area contributed by atoms with E-state index in [-0.39, 0.29) is 0 Å². The average Bonchev–Trinajstić information content (AvgIpc) is 3.04. The molecule has 1 amide bonds. The topological polar surface area (TPSA) is 108 Å². The minimum Gasteiger partial charge on any atom is -0.494 e. The number of amides is 1. The first-order chi connectivity index (χ1) is 16.6. The Balaban J connectivity index is 1.60. The number of benzene rings is 2.